The Kier molecular flexibility index (Phi) is 5.45. The number of ether oxygens (including phenoxy) is 1. The number of rotatable bonds is 3. The summed E-state index contributed by atoms with van der Waals surface area (Å²) in [7, 11) is 0. The lowest BCUT2D eigenvalue weighted by Crippen LogP contribution is -2.56. The van der Waals surface area contributed by atoms with E-state index in [-0.39, 0.29) is 30.1 Å². The van der Waals surface area contributed by atoms with Crippen molar-refractivity contribution in [1.82, 2.24) is 10.2 Å². The highest BCUT2D eigenvalue weighted by molar-refractivity contribution is 5.75. The van der Waals surface area contributed by atoms with Gasteiger partial charge in [-0.2, -0.15) is 0 Å². The Morgan fingerprint density at radius 2 is 2.14 bits per heavy atom. The lowest BCUT2D eigenvalue weighted by atomic mass is 9.86. The first-order chi connectivity index (χ1) is 10.0. The molecule has 2 fully saturated rings. The van der Waals surface area contributed by atoms with Crippen molar-refractivity contribution in [3.05, 3.63) is 0 Å². The summed E-state index contributed by atoms with van der Waals surface area (Å²) in [6.07, 6.45) is 3.90. The lowest BCUT2D eigenvalue weighted by Gasteiger charge is -2.39. The molecule has 21 heavy (non-hydrogen) atoms. The van der Waals surface area contributed by atoms with Crippen LogP contribution in [0, 0.1) is 5.92 Å². The summed E-state index contributed by atoms with van der Waals surface area (Å²) in [5.74, 6) is -1.07. The molecule has 2 N–H and O–H groups in total. The Balaban J connectivity index is 1.91. The molecule has 1 aliphatic carbocycles. The molecule has 2 rings (SSSR count). The number of hydrogen-bond donors (Lipinski definition) is 2. The van der Waals surface area contributed by atoms with Crippen LogP contribution in [0.15, 0.2) is 0 Å². The van der Waals surface area contributed by atoms with Crippen molar-refractivity contribution in [2.75, 3.05) is 13.2 Å². The Morgan fingerprint density at radius 3 is 2.81 bits per heavy atom. The molecule has 1 heterocycles. The summed E-state index contributed by atoms with van der Waals surface area (Å²) >= 11 is 0. The second-order valence-electron chi connectivity index (χ2n) is 6.21. The van der Waals surface area contributed by atoms with Gasteiger partial charge in [0.2, 0.25) is 0 Å². The molecule has 4 unspecified atom stereocenters. The number of carbonyl (C=O) groups is 2. The lowest BCUT2D eigenvalue weighted by molar-refractivity contribution is -0.143. The van der Waals surface area contributed by atoms with Crippen molar-refractivity contribution < 1.29 is 19.4 Å². The average Bonchev–Trinajstić information content (AvgIpc) is 2.47. The van der Waals surface area contributed by atoms with E-state index in [1.807, 2.05) is 18.7 Å². The van der Waals surface area contributed by atoms with E-state index < -0.39 is 5.97 Å². The Bertz CT molecular complexity index is 388. The highest BCUT2D eigenvalue weighted by atomic mass is 16.5. The van der Waals surface area contributed by atoms with Crippen LogP contribution in [0.1, 0.15) is 46.0 Å². The van der Waals surface area contributed by atoms with Gasteiger partial charge >= 0.3 is 12.0 Å². The maximum atomic E-state index is 12.5. The van der Waals surface area contributed by atoms with E-state index in [0.29, 0.717) is 26.0 Å². The molecule has 6 nitrogen and oxygen atoms in total. The molecule has 1 saturated heterocycles. The SMILES string of the molecule is CCC1COC(C)CN1C(=O)NC1CCCC(C(=O)O)C1. The highest BCUT2D eigenvalue weighted by Gasteiger charge is 2.32. The van der Waals surface area contributed by atoms with Crippen LogP contribution in [0.4, 0.5) is 4.79 Å². The zero-order chi connectivity index (χ0) is 15.4. The van der Waals surface area contributed by atoms with Gasteiger partial charge in [0.25, 0.3) is 0 Å². The third kappa shape index (κ3) is 4.09. The van der Waals surface area contributed by atoms with Crippen LogP contribution in [-0.4, -0.2) is 53.3 Å². The van der Waals surface area contributed by atoms with Crippen LogP contribution in [0.3, 0.4) is 0 Å². The van der Waals surface area contributed by atoms with E-state index in [1.54, 1.807) is 0 Å². The van der Waals surface area contributed by atoms with Crippen LogP contribution < -0.4 is 5.32 Å². The zero-order valence-electron chi connectivity index (χ0n) is 12.9. The predicted molar refractivity (Wildman–Crippen MR) is 78.1 cm³/mol. The predicted octanol–water partition coefficient (Wildman–Crippen LogP) is 1.84. The van der Waals surface area contributed by atoms with E-state index in [9.17, 15) is 9.59 Å². The maximum Gasteiger partial charge on any atom is 0.318 e. The van der Waals surface area contributed by atoms with Crippen molar-refractivity contribution in [2.45, 2.75) is 64.1 Å². The molecule has 4 atom stereocenters. The monoisotopic (exact) mass is 298 g/mol. The summed E-state index contributed by atoms with van der Waals surface area (Å²) < 4.78 is 5.60. The van der Waals surface area contributed by atoms with Gasteiger partial charge in [-0.1, -0.05) is 13.3 Å². The maximum absolute atomic E-state index is 12.5. The molecule has 2 amide bonds. The van der Waals surface area contributed by atoms with E-state index in [1.165, 1.54) is 0 Å². The number of nitrogens with one attached hydrogen (secondary N) is 1. The first kappa shape index (κ1) is 16.1. The minimum atomic E-state index is -0.750. The van der Waals surface area contributed by atoms with Crippen LogP contribution >= 0.6 is 0 Å². The minimum Gasteiger partial charge on any atom is -0.481 e. The van der Waals surface area contributed by atoms with Crippen molar-refractivity contribution in [3.63, 3.8) is 0 Å². The van der Waals surface area contributed by atoms with E-state index in [4.69, 9.17) is 9.84 Å². The number of hydrogen-bond acceptors (Lipinski definition) is 3. The first-order valence-electron chi connectivity index (χ1n) is 7.92. The van der Waals surface area contributed by atoms with Gasteiger partial charge in [-0.25, -0.2) is 4.79 Å². The normalized spacial score (nSPS) is 33.5. The average molecular weight is 298 g/mol. The van der Waals surface area contributed by atoms with Gasteiger partial charge in [-0.05, 0) is 32.6 Å². The number of urea groups is 1. The number of amides is 2. The molecule has 6 heteroatoms. The van der Waals surface area contributed by atoms with Gasteiger partial charge in [-0.15, -0.1) is 0 Å². The van der Waals surface area contributed by atoms with Crippen molar-refractivity contribution >= 4 is 12.0 Å². The molecule has 0 radical (unpaired) electrons. The third-order valence-corrected chi connectivity index (χ3v) is 4.55. The fraction of sp³-hybridized carbons (Fsp3) is 0.867. The number of carboxylic acid groups (broad SMARTS) is 1. The smallest absolute Gasteiger partial charge is 0.318 e. The molecule has 0 aromatic rings. The highest BCUT2D eigenvalue weighted by Crippen LogP contribution is 2.25. The molecule has 2 aliphatic rings. The number of carbonyl (C=O) groups excluding carboxylic acids is 1. The van der Waals surface area contributed by atoms with Crippen molar-refractivity contribution in [1.29, 1.82) is 0 Å². The molecule has 1 aliphatic heterocycles. The molecule has 0 aromatic carbocycles. The van der Waals surface area contributed by atoms with Gasteiger partial charge in [0, 0.05) is 12.6 Å². The second-order valence-corrected chi connectivity index (χ2v) is 6.21. The molecule has 1 saturated carbocycles. The van der Waals surface area contributed by atoms with Crippen LogP contribution in [-0.2, 0) is 9.53 Å². The number of nitrogens with zero attached hydrogens (tertiary/aromatic N) is 1. The molecule has 0 bridgehead atoms. The fourth-order valence-corrected chi connectivity index (χ4v) is 3.23. The molecular weight excluding hydrogens is 272 g/mol. The summed E-state index contributed by atoms with van der Waals surface area (Å²) in [4.78, 5) is 25.4. The van der Waals surface area contributed by atoms with Crippen LogP contribution in [0.25, 0.3) is 0 Å². The standard InChI is InChI=1S/C15H26N2O4/c1-3-13-9-21-10(2)8-17(13)15(20)16-12-6-4-5-11(7-12)14(18)19/h10-13H,3-9H2,1-2H3,(H,16,20)(H,18,19). The second kappa shape index (κ2) is 7.11. The van der Waals surface area contributed by atoms with E-state index in [2.05, 4.69) is 5.32 Å². The summed E-state index contributed by atoms with van der Waals surface area (Å²) in [5.41, 5.74) is 0. The number of aliphatic carboxylic acids is 1. The summed E-state index contributed by atoms with van der Waals surface area (Å²) in [5, 5.41) is 12.1. The quantitative estimate of drug-likeness (QED) is 0.833. The van der Waals surface area contributed by atoms with Gasteiger partial charge in [0.1, 0.15) is 0 Å². The molecule has 0 spiro atoms. The van der Waals surface area contributed by atoms with Crippen molar-refractivity contribution in [2.24, 2.45) is 5.92 Å². The van der Waals surface area contributed by atoms with Gasteiger partial charge in [0.05, 0.1) is 24.7 Å². The molecule has 120 valence electrons. The Hall–Kier alpha value is -1.30. The Morgan fingerprint density at radius 1 is 1.38 bits per heavy atom. The minimum absolute atomic E-state index is 0.0250. The topological polar surface area (TPSA) is 78.9 Å². The zero-order valence-corrected chi connectivity index (χ0v) is 12.9. The largest absolute Gasteiger partial charge is 0.481 e. The molecular formula is C15H26N2O4. The van der Waals surface area contributed by atoms with Gasteiger partial charge < -0.3 is 20.1 Å². The third-order valence-electron chi connectivity index (χ3n) is 4.55. The number of morpholine rings is 1. The van der Waals surface area contributed by atoms with E-state index in [0.717, 1.165) is 19.3 Å². The summed E-state index contributed by atoms with van der Waals surface area (Å²) in [6, 6.07) is 0.0103. The van der Waals surface area contributed by atoms with Gasteiger partial charge in [0.15, 0.2) is 0 Å². The fourth-order valence-electron chi connectivity index (χ4n) is 3.23. The number of carboxylic acids is 1. The van der Waals surface area contributed by atoms with Crippen LogP contribution in [0.2, 0.25) is 0 Å². The molecule has 0 aromatic heterocycles. The first-order valence-corrected chi connectivity index (χ1v) is 7.92. The van der Waals surface area contributed by atoms with E-state index >= 15 is 0 Å². The van der Waals surface area contributed by atoms with Crippen LogP contribution in [0.5, 0.6) is 0 Å². The summed E-state index contributed by atoms with van der Waals surface area (Å²) in [6.45, 7) is 5.19. The Labute approximate surface area is 125 Å². The van der Waals surface area contributed by atoms with Crippen molar-refractivity contribution in [3.8, 4) is 0 Å². The van der Waals surface area contributed by atoms with Gasteiger partial charge in [-0.3, -0.25) is 4.79 Å².